The number of halogens is 3. The first kappa shape index (κ1) is 16.6. The highest BCUT2D eigenvalue weighted by atomic mass is 35.5. The van der Waals surface area contributed by atoms with Gasteiger partial charge in [0.15, 0.2) is 0 Å². The minimum atomic E-state index is -1.04. The molecule has 0 radical (unpaired) electrons. The third kappa shape index (κ3) is 2.58. The third-order valence-electron chi connectivity index (χ3n) is 4.66. The Balaban J connectivity index is 1.69. The van der Waals surface area contributed by atoms with Crippen LogP contribution in [0.25, 0.3) is 0 Å². The third-order valence-corrected chi connectivity index (χ3v) is 5.45. The Kier molecular flexibility index (Phi) is 3.90. The normalized spacial score (nSPS) is 21.8. The molecule has 128 valence electrons. The molecule has 1 aliphatic heterocycles. The lowest BCUT2D eigenvalue weighted by atomic mass is 9.92. The zero-order chi connectivity index (χ0) is 17.8. The lowest BCUT2D eigenvalue weighted by Gasteiger charge is -2.22. The van der Waals surface area contributed by atoms with Crippen molar-refractivity contribution in [3.05, 3.63) is 62.4 Å². The molecule has 3 amide bonds. The summed E-state index contributed by atoms with van der Waals surface area (Å²) in [5.74, 6) is -0.309. The lowest BCUT2D eigenvalue weighted by Crippen LogP contribution is -2.41. The van der Waals surface area contributed by atoms with E-state index in [1.54, 1.807) is 24.3 Å². The van der Waals surface area contributed by atoms with Crippen molar-refractivity contribution in [3.8, 4) is 0 Å². The van der Waals surface area contributed by atoms with Gasteiger partial charge in [0.25, 0.3) is 5.91 Å². The number of amides is 3. The van der Waals surface area contributed by atoms with Crippen molar-refractivity contribution in [3.63, 3.8) is 0 Å². The molecule has 1 atom stereocenters. The summed E-state index contributed by atoms with van der Waals surface area (Å²) < 4.78 is 0. The second-order valence-corrected chi connectivity index (χ2v) is 7.32. The summed E-state index contributed by atoms with van der Waals surface area (Å²) in [6.07, 6.45) is 1.17. The van der Waals surface area contributed by atoms with Crippen LogP contribution in [0.3, 0.4) is 0 Å². The first-order valence-corrected chi connectivity index (χ1v) is 8.78. The second-order valence-electron chi connectivity index (χ2n) is 6.09. The van der Waals surface area contributed by atoms with Gasteiger partial charge in [-0.1, -0.05) is 40.9 Å². The molecule has 1 fully saturated rings. The fraction of sp³-hybridized carbons (Fsp3) is 0.235. The van der Waals surface area contributed by atoms with Crippen molar-refractivity contribution in [2.24, 2.45) is 0 Å². The second kappa shape index (κ2) is 5.87. The van der Waals surface area contributed by atoms with Crippen molar-refractivity contribution in [2.75, 3.05) is 0 Å². The number of carbonyl (C=O) groups is 2. The molecule has 2 aromatic rings. The number of aromatic nitrogens is 1. The zero-order valence-corrected chi connectivity index (χ0v) is 15.1. The summed E-state index contributed by atoms with van der Waals surface area (Å²) in [7, 11) is 0. The molecule has 1 spiro atoms. The van der Waals surface area contributed by atoms with Crippen LogP contribution in [-0.2, 0) is 23.3 Å². The molecule has 5 nitrogen and oxygen atoms in total. The Morgan fingerprint density at radius 1 is 1.16 bits per heavy atom. The Morgan fingerprint density at radius 2 is 1.96 bits per heavy atom. The number of hydrogen-bond donors (Lipinski definition) is 1. The number of hydrogen-bond acceptors (Lipinski definition) is 3. The minimum absolute atomic E-state index is 0.0330. The van der Waals surface area contributed by atoms with E-state index in [1.807, 2.05) is 6.07 Å². The average molecular weight is 397 g/mol. The van der Waals surface area contributed by atoms with E-state index in [9.17, 15) is 9.59 Å². The molecule has 1 N–H and O–H groups in total. The van der Waals surface area contributed by atoms with Crippen LogP contribution in [-0.4, -0.2) is 21.8 Å². The molecule has 1 aliphatic carbocycles. The first-order valence-electron chi connectivity index (χ1n) is 7.65. The maximum atomic E-state index is 13.1. The van der Waals surface area contributed by atoms with E-state index in [4.69, 9.17) is 34.8 Å². The molecule has 2 aliphatic rings. The summed E-state index contributed by atoms with van der Waals surface area (Å²) in [5, 5.41) is 4.06. The van der Waals surface area contributed by atoms with Crippen LogP contribution < -0.4 is 5.32 Å². The highest BCUT2D eigenvalue weighted by molar-refractivity contribution is 6.32. The van der Waals surface area contributed by atoms with Gasteiger partial charge in [0.2, 0.25) is 0 Å². The van der Waals surface area contributed by atoms with Gasteiger partial charge in [0.1, 0.15) is 10.7 Å². The van der Waals surface area contributed by atoms with Gasteiger partial charge in [-0.15, -0.1) is 0 Å². The summed E-state index contributed by atoms with van der Waals surface area (Å²) in [4.78, 5) is 30.8. The Morgan fingerprint density at radius 3 is 2.76 bits per heavy atom. The Labute approximate surface area is 158 Å². The van der Waals surface area contributed by atoms with E-state index in [2.05, 4.69) is 10.3 Å². The molecule has 0 saturated carbocycles. The van der Waals surface area contributed by atoms with Crippen molar-refractivity contribution in [1.29, 1.82) is 0 Å². The molecule has 4 rings (SSSR count). The van der Waals surface area contributed by atoms with Gasteiger partial charge in [-0.2, -0.15) is 0 Å². The number of rotatable bonds is 2. The van der Waals surface area contributed by atoms with Gasteiger partial charge in [0, 0.05) is 5.02 Å². The van der Waals surface area contributed by atoms with E-state index in [-0.39, 0.29) is 17.6 Å². The SMILES string of the molecule is O=C1NC2(CCc3cc(Cl)ccc32)C(=O)N1Cc1nc(Cl)ccc1Cl. The number of nitrogens with one attached hydrogen (secondary N) is 1. The number of nitrogens with zero attached hydrogens (tertiary/aromatic N) is 2. The lowest BCUT2D eigenvalue weighted by molar-refractivity contribution is -0.132. The fourth-order valence-corrected chi connectivity index (χ4v) is 4.01. The number of aryl methyl sites for hydroxylation is 1. The van der Waals surface area contributed by atoms with Crippen LogP contribution in [0.4, 0.5) is 4.79 Å². The molecule has 0 bridgehead atoms. The van der Waals surface area contributed by atoms with Gasteiger partial charge in [-0.3, -0.25) is 9.69 Å². The number of urea groups is 1. The molecule has 25 heavy (non-hydrogen) atoms. The molecular formula is C17H12Cl3N3O2. The zero-order valence-electron chi connectivity index (χ0n) is 12.9. The average Bonchev–Trinajstić information content (AvgIpc) is 3.04. The number of imide groups is 1. The van der Waals surface area contributed by atoms with Crippen molar-refractivity contribution in [1.82, 2.24) is 15.2 Å². The standard InChI is InChI=1S/C17H12Cl3N3O2/c18-10-1-2-11-9(7-10)5-6-17(11)15(24)23(16(25)22-17)8-13-12(19)3-4-14(20)21-13/h1-4,7H,5-6,8H2,(H,22,25). The maximum Gasteiger partial charge on any atom is 0.325 e. The Bertz CT molecular complexity index is 918. The Hall–Kier alpha value is -1.82. The topological polar surface area (TPSA) is 62.3 Å². The maximum absolute atomic E-state index is 13.1. The van der Waals surface area contributed by atoms with Gasteiger partial charge < -0.3 is 5.32 Å². The van der Waals surface area contributed by atoms with Crippen LogP contribution in [0, 0.1) is 0 Å². The summed E-state index contributed by atoms with van der Waals surface area (Å²) in [5.41, 5.74) is 1.11. The van der Waals surface area contributed by atoms with Crippen molar-refractivity contribution < 1.29 is 9.59 Å². The monoisotopic (exact) mass is 395 g/mol. The number of pyridine rings is 1. The van der Waals surface area contributed by atoms with Crippen LogP contribution >= 0.6 is 34.8 Å². The van der Waals surface area contributed by atoms with E-state index < -0.39 is 11.6 Å². The molecule has 8 heteroatoms. The van der Waals surface area contributed by atoms with Crippen molar-refractivity contribution >= 4 is 46.7 Å². The largest absolute Gasteiger partial charge is 0.325 e. The smallest absolute Gasteiger partial charge is 0.319 e. The minimum Gasteiger partial charge on any atom is -0.319 e. The van der Waals surface area contributed by atoms with E-state index in [1.165, 1.54) is 0 Å². The van der Waals surface area contributed by atoms with Crippen molar-refractivity contribution in [2.45, 2.75) is 24.9 Å². The molecule has 1 aromatic carbocycles. The van der Waals surface area contributed by atoms with Crippen LogP contribution in [0.1, 0.15) is 23.2 Å². The first-order chi connectivity index (χ1) is 11.9. The number of carbonyl (C=O) groups excluding carboxylic acids is 2. The van der Waals surface area contributed by atoms with E-state index in [0.717, 1.165) is 16.0 Å². The quantitative estimate of drug-likeness (QED) is 0.618. The molecule has 1 unspecified atom stereocenters. The summed E-state index contributed by atoms with van der Waals surface area (Å²) in [6.45, 7) is -0.0330. The number of fused-ring (bicyclic) bond motifs is 2. The summed E-state index contributed by atoms with van der Waals surface area (Å²) in [6, 6.07) is 8.04. The predicted octanol–water partition coefficient (Wildman–Crippen LogP) is 3.94. The van der Waals surface area contributed by atoms with Gasteiger partial charge in [-0.05, 0) is 48.2 Å². The van der Waals surface area contributed by atoms with E-state index in [0.29, 0.717) is 28.6 Å². The molecular weight excluding hydrogens is 385 g/mol. The predicted molar refractivity (Wildman–Crippen MR) is 94.8 cm³/mol. The fourth-order valence-electron chi connectivity index (χ4n) is 3.48. The van der Waals surface area contributed by atoms with Gasteiger partial charge >= 0.3 is 6.03 Å². The highest BCUT2D eigenvalue weighted by Gasteiger charge is 2.55. The molecule has 1 aromatic heterocycles. The van der Waals surface area contributed by atoms with Gasteiger partial charge in [-0.25, -0.2) is 9.78 Å². The van der Waals surface area contributed by atoms with Gasteiger partial charge in [0.05, 0.1) is 17.3 Å². The molecule has 2 heterocycles. The van der Waals surface area contributed by atoms with E-state index >= 15 is 0 Å². The molecule has 1 saturated heterocycles. The van der Waals surface area contributed by atoms with Crippen LogP contribution in [0.5, 0.6) is 0 Å². The van der Waals surface area contributed by atoms with Crippen LogP contribution in [0.2, 0.25) is 15.2 Å². The highest BCUT2D eigenvalue weighted by Crippen LogP contribution is 2.42. The number of benzene rings is 1. The summed E-state index contributed by atoms with van der Waals surface area (Å²) >= 11 is 18.0. The van der Waals surface area contributed by atoms with Crippen LogP contribution in [0.15, 0.2) is 30.3 Å².